The first-order valence-corrected chi connectivity index (χ1v) is 6.75. The Morgan fingerprint density at radius 2 is 2.00 bits per heavy atom. The topological polar surface area (TPSA) is 104 Å². The van der Waals surface area contributed by atoms with Crippen LogP contribution in [0.3, 0.4) is 0 Å². The molecule has 1 aromatic carbocycles. The molecule has 120 valence electrons. The largest absolute Gasteiger partial charge is 0.497 e. The van der Waals surface area contributed by atoms with Gasteiger partial charge in [-0.25, -0.2) is 9.78 Å². The fraction of sp³-hybridized carbons (Fsp3) is 0.200. The lowest BCUT2D eigenvalue weighted by Crippen LogP contribution is -2.14. The number of aromatic nitrogens is 1. The molecule has 0 saturated heterocycles. The third-order valence-corrected chi connectivity index (χ3v) is 2.93. The second kappa shape index (κ2) is 7.74. The summed E-state index contributed by atoms with van der Waals surface area (Å²) in [6.07, 6.45) is 1.16. The predicted octanol–water partition coefficient (Wildman–Crippen LogP) is 2.27. The molecule has 8 nitrogen and oxygen atoms in total. The van der Waals surface area contributed by atoms with Crippen LogP contribution in [-0.4, -0.2) is 36.1 Å². The Labute approximate surface area is 132 Å². The van der Waals surface area contributed by atoms with E-state index < -0.39 is 10.9 Å². The quantitative estimate of drug-likeness (QED) is 0.361. The lowest BCUT2D eigenvalue weighted by atomic mass is 10.2. The van der Waals surface area contributed by atoms with Crippen molar-refractivity contribution in [2.45, 2.75) is 0 Å². The van der Waals surface area contributed by atoms with E-state index in [1.165, 1.54) is 12.1 Å². The maximum Gasteiger partial charge on any atom is 0.338 e. The van der Waals surface area contributed by atoms with E-state index in [2.05, 4.69) is 10.3 Å². The van der Waals surface area contributed by atoms with Crippen molar-refractivity contribution >= 4 is 17.5 Å². The van der Waals surface area contributed by atoms with Crippen molar-refractivity contribution in [3.63, 3.8) is 0 Å². The van der Waals surface area contributed by atoms with Crippen LogP contribution in [0.1, 0.15) is 10.4 Å². The molecule has 8 heteroatoms. The van der Waals surface area contributed by atoms with Crippen LogP contribution in [0, 0.1) is 10.1 Å². The monoisotopic (exact) mass is 317 g/mol. The molecule has 0 aliphatic carbocycles. The summed E-state index contributed by atoms with van der Waals surface area (Å²) in [6.45, 7) is 0.482. The summed E-state index contributed by atoms with van der Waals surface area (Å²) in [7, 11) is 1.55. The molecular formula is C15H15N3O5. The minimum Gasteiger partial charge on any atom is -0.497 e. The molecule has 0 atom stereocenters. The Hall–Kier alpha value is -3.16. The van der Waals surface area contributed by atoms with Crippen molar-refractivity contribution < 1.29 is 19.2 Å². The Morgan fingerprint density at radius 3 is 2.57 bits per heavy atom. The van der Waals surface area contributed by atoms with Crippen molar-refractivity contribution in [2.24, 2.45) is 0 Å². The first-order chi connectivity index (χ1) is 11.1. The lowest BCUT2D eigenvalue weighted by Gasteiger charge is -2.07. The van der Waals surface area contributed by atoms with E-state index in [9.17, 15) is 14.9 Å². The van der Waals surface area contributed by atoms with Crippen LogP contribution < -0.4 is 10.1 Å². The number of hydrogen-bond donors (Lipinski definition) is 1. The summed E-state index contributed by atoms with van der Waals surface area (Å²) in [5.74, 6) is 0.690. The SMILES string of the molecule is COc1ccc(C(=O)OCCNc2ccc([N+](=O)[O-])cn2)cc1. The number of carbonyl (C=O) groups excluding carboxylic acids is 1. The van der Waals surface area contributed by atoms with Gasteiger partial charge in [-0.2, -0.15) is 0 Å². The van der Waals surface area contributed by atoms with Crippen molar-refractivity contribution in [3.05, 3.63) is 58.3 Å². The van der Waals surface area contributed by atoms with E-state index in [0.717, 1.165) is 6.20 Å². The standard InChI is InChI=1S/C15H15N3O5/c1-22-13-5-2-11(3-6-13)15(19)23-9-8-16-14-7-4-12(10-17-14)18(20)21/h2-7,10H,8-9H2,1H3,(H,16,17). The zero-order chi connectivity index (χ0) is 16.7. The number of nitrogens with one attached hydrogen (secondary N) is 1. The number of esters is 1. The molecule has 0 amide bonds. The van der Waals surface area contributed by atoms with Crippen LogP contribution in [0.5, 0.6) is 5.75 Å². The van der Waals surface area contributed by atoms with Crippen LogP contribution in [0.15, 0.2) is 42.6 Å². The minimum absolute atomic E-state index is 0.0820. The first-order valence-electron chi connectivity index (χ1n) is 6.75. The molecule has 1 heterocycles. The highest BCUT2D eigenvalue weighted by Gasteiger charge is 2.07. The molecular weight excluding hydrogens is 302 g/mol. The lowest BCUT2D eigenvalue weighted by molar-refractivity contribution is -0.385. The molecule has 2 aromatic rings. The van der Waals surface area contributed by atoms with E-state index in [1.807, 2.05) is 0 Å². The average molecular weight is 317 g/mol. The smallest absolute Gasteiger partial charge is 0.338 e. The van der Waals surface area contributed by atoms with Gasteiger partial charge in [0, 0.05) is 6.07 Å². The maximum absolute atomic E-state index is 11.8. The van der Waals surface area contributed by atoms with Crippen molar-refractivity contribution in [1.29, 1.82) is 0 Å². The van der Waals surface area contributed by atoms with Crippen molar-refractivity contribution in [2.75, 3.05) is 25.6 Å². The van der Waals surface area contributed by atoms with Gasteiger partial charge < -0.3 is 14.8 Å². The predicted molar refractivity (Wildman–Crippen MR) is 82.7 cm³/mol. The summed E-state index contributed by atoms with van der Waals surface area (Å²) in [5, 5.41) is 13.4. The van der Waals surface area contributed by atoms with Gasteiger partial charge in [-0.3, -0.25) is 10.1 Å². The molecule has 0 aliphatic heterocycles. The molecule has 0 radical (unpaired) electrons. The second-order valence-corrected chi connectivity index (χ2v) is 4.45. The van der Waals surface area contributed by atoms with E-state index in [0.29, 0.717) is 23.7 Å². The molecule has 1 aromatic heterocycles. The summed E-state index contributed by atoms with van der Waals surface area (Å²) < 4.78 is 10.1. The normalized spacial score (nSPS) is 9.96. The minimum atomic E-state index is -0.520. The van der Waals surface area contributed by atoms with E-state index in [4.69, 9.17) is 9.47 Å². The summed E-state index contributed by atoms with van der Waals surface area (Å²) in [6, 6.07) is 9.42. The van der Waals surface area contributed by atoms with E-state index in [1.54, 1.807) is 31.4 Å². The van der Waals surface area contributed by atoms with Gasteiger partial charge >= 0.3 is 5.97 Å². The molecule has 0 unspecified atom stereocenters. The van der Waals surface area contributed by atoms with Gasteiger partial charge in [0.15, 0.2) is 0 Å². The number of rotatable bonds is 7. The van der Waals surface area contributed by atoms with Crippen LogP contribution in [0.4, 0.5) is 11.5 Å². The molecule has 0 aliphatic rings. The van der Waals surface area contributed by atoms with Gasteiger partial charge in [0.25, 0.3) is 5.69 Å². The summed E-state index contributed by atoms with van der Waals surface area (Å²) in [5.41, 5.74) is 0.348. The van der Waals surface area contributed by atoms with Crippen LogP contribution in [0.2, 0.25) is 0 Å². The van der Waals surface area contributed by atoms with E-state index in [-0.39, 0.29) is 12.3 Å². The highest BCUT2D eigenvalue weighted by molar-refractivity contribution is 5.89. The molecule has 0 fully saturated rings. The molecule has 0 spiro atoms. The summed E-state index contributed by atoms with van der Waals surface area (Å²) >= 11 is 0. The summed E-state index contributed by atoms with van der Waals surface area (Å²) in [4.78, 5) is 25.7. The zero-order valence-electron chi connectivity index (χ0n) is 12.4. The van der Waals surface area contributed by atoms with Gasteiger partial charge in [0.2, 0.25) is 0 Å². The van der Waals surface area contributed by atoms with E-state index >= 15 is 0 Å². The van der Waals surface area contributed by atoms with Gasteiger partial charge in [-0.05, 0) is 30.3 Å². The number of carbonyl (C=O) groups is 1. The van der Waals surface area contributed by atoms with Gasteiger partial charge in [0.05, 0.1) is 24.1 Å². The number of nitrogens with zero attached hydrogens (tertiary/aromatic N) is 2. The number of hydrogen-bond acceptors (Lipinski definition) is 7. The fourth-order valence-electron chi connectivity index (χ4n) is 1.73. The Bertz CT molecular complexity index is 671. The Balaban J connectivity index is 1.75. The molecule has 1 N–H and O–H groups in total. The number of benzene rings is 1. The number of methoxy groups -OCH3 is 1. The number of pyridine rings is 1. The second-order valence-electron chi connectivity index (χ2n) is 4.45. The van der Waals surface area contributed by atoms with Crippen LogP contribution in [-0.2, 0) is 4.74 Å². The zero-order valence-corrected chi connectivity index (χ0v) is 12.4. The molecule has 2 rings (SSSR count). The highest BCUT2D eigenvalue weighted by Crippen LogP contribution is 2.13. The van der Waals surface area contributed by atoms with Crippen molar-refractivity contribution in [3.8, 4) is 5.75 Å². The molecule has 0 saturated carbocycles. The van der Waals surface area contributed by atoms with Gasteiger partial charge in [0.1, 0.15) is 24.4 Å². The number of ether oxygens (including phenoxy) is 2. The molecule has 0 bridgehead atoms. The van der Waals surface area contributed by atoms with Crippen molar-refractivity contribution in [1.82, 2.24) is 4.98 Å². The third kappa shape index (κ3) is 4.67. The molecule has 23 heavy (non-hydrogen) atoms. The van der Waals surface area contributed by atoms with Crippen LogP contribution >= 0.6 is 0 Å². The fourth-order valence-corrected chi connectivity index (χ4v) is 1.73. The maximum atomic E-state index is 11.8. The van der Waals surface area contributed by atoms with Gasteiger partial charge in [-0.15, -0.1) is 0 Å². The highest BCUT2D eigenvalue weighted by atomic mass is 16.6. The number of nitro groups is 1. The third-order valence-electron chi connectivity index (χ3n) is 2.93. The van der Waals surface area contributed by atoms with Gasteiger partial charge in [-0.1, -0.05) is 0 Å². The Kier molecular flexibility index (Phi) is 5.45. The van der Waals surface area contributed by atoms with Crippen LogP contribution in [0.25, 0.3) is 0 Å². The Morgan fingerprint density at radius 1 is 1.26 bits per heavy atom. The first kappa shape index (κ1) is 16.2. The average Bonchev–Trinajstić information content (AvgIpc) is 2.59. The number of anilines is 1.